The number of hydrogen-bond acceptors (Lipinski definition) is 5. The number of hydrogen-bond donors (Lipinski definition) is 0. The van der Waals surface area contributed by atoms with E-state index in [1.165, 1.54) is 18.2 Å². The predicted molar refractivity (Wildman–Crippen MR) is 90.3 cm³/mol. The number of para-hydroxylation sites is 1. The van der Waals surface area contributed by atoms with Gasteiger partial charge in [-0.1, -0.05) is 42.5 Å². The van der Waals surface area contributed by atoms with Gasteiger partial charge in [-0.3, -0.25) is 10.1 Å². The molecule has 0 radical (unpaired) electrons. The van der Waals surface area contributed by atoms with E-state index in [0.717, 1.165) is 5.39 Å². The molecule has 6 nitrogen and oxygen atoms in total. The molecule has 0 saturated heterocycles. The molecule has 0 aliphatic heterocycles. The summed E-state index contributed by atoms with van der Waals surface area (Å²) in [4.78, 5) is 10.7. The van der Waals surface area contributed by atoms with Crippen LogP contribution in [0.2, 0.25) is 0 Å². The van der Waals surface area contributed by atoms with E-state index in [2.05, 4.69) is 0 Å². The second-order valence-corrected chi connectivity index (χ2v) is 6.71. The monoisotopic (exact) mass is 343 g/mol. The van der Waals surface area contributed by atoms with Crippen molar-refractivity contribution in [1.82, 2.24) is 0 Å². The summed E-state index contributed by atoms with van der Waals surface area (Å²) in [5.74, 6) is -0.417. The Morgan fingerprint density at radius 3 is 2.29 bits per heavy atom. The van der Waals surface area contributed by atoms with Crippen LogP contribution in [0.15, 0.2) is 66.7 Å². The van der Waals surface area contributed by atoms with Crippen molar-refractivity contribution in [2.45, 2.75) is 5.75 Å². The van der Waals surface area contributed by atoms with Gasteiger partial charge >= 0.3 is 10.1 Å². The lowest BCUT2D eigenvalue weighted by Crippen LogP contribution is -2.13. The Hall–Kier alpha value is -2.93. The zero-order valence-corrected chi connectivity index (χ0v) is 13.3. The van der Waals surface area contributed by atoms with E-state index >= 15 is 0 Å². The normalized spacial score (nSPS) is 11.3. The van der Waals surface area contributed by atoms with Crippen molar-refractivity contribution in [3.8, 4) is 5.75 Å². The molecule has 0 saturated carbocycles. The summed E-state index contributed by atoms with van der Waals surface area (Å²) in [6, 6.07) is 17.9. The third-order valence-corrected chi connectivity index (χ3v) is 4.59. The molecular weight excluding hydrogens is 330 g/mol. The number of nitro groups is 1. The highest BCUT2D eigenvalue weighted by Gasteiger charge is 2.24. The summed E-state index contributed by atoms with van der Waals surface area (Å²) in [5, 5.41) is 12.5. The predicted octanol–water partition coefficient (Wildman–Crippen LogP) is 3.66. The summed E-state index contributed by atoms with van der Waals surface area (Å²) in [5.41, 5.74) is -0.122. The van der Waals surface area contributed by atoms with Crippen molar-refractivity contribution in [3.05, 3.63) is 82.4 Å². The Balaban J connectivity index is 2.05. The van der Waals surface area contributed by atoms with E-state index in [1.807, 2.05) is 0 Å². The van der Waals surface area contributed by atoms with Gasteiger partial charge in [-0.25, -0.2) is 0 Å². The minimum atomic E-state index is -4.04. The molecule has 0 fully saturated rings. The minimum absolute atomic E-state index is 0.119. The molecule has 7 heteroatoms. The molecule has 0 atom stereocenters. The largest absolute Gasteiger partial charge is 0.382 e. The van der Waals surface area contributed by atoms with Crippen LogP contribution in [0.1, 0.15) is 5.56 Å². The van der Waals surface area contributed by atoms with Gasteiger partial charge in [0.2, 0.25) is 0 Å². The van der Waals surface area contributed by atoms with Crippen LogP contribution in [0.4, 0.5) is 5.69 Å². The second-order valence-electron chi connectivity index (χ2n) is 5.14. The molecule has 0 aliphatic carbocycles. The molecule has 0 unspecified atom stereocenters. The van der Waals surface area contributed by atoms with E-state index < -0.39 is 20.8 Å². The van der Waals surface area contributed by atoms with Gasteiger partial charge in [-0.15, -0.1) is 0 Å². The van der Waals surface area contributed by atoms with Crippen molar-refractivity contribution in [1.29, 1.82) is 0 Å². The lowest BCUT2D eigenvalue weighted by atomic mass is 10.0. The van der Waals surface area contributed by atoms with Crippen LogP contribution < -0.4 is 4.18 Å². The third-order valence-electron chi connectivity index (χ3n) is 3.50. The summed E-state index contributed by atoms with van der Waals surface area (Å²) >= 11 is 0. The fourth-order valence-electron chi connectivity index (χ4n) is 2.48. The van der Waals surface area contributed by atoms with Crippen LogP contribution in [-0.2, 0) is 15.9 Å². The summed E-state index contributed by atoms with van der Waals surface area (Å²) in [6.45, 7) is 0. The maximum atomic E-state index is 12.3. The molecule has 0 aliphatic rings. The first kappa shape index (κ1) is 15.9. The smallest absolute Gasteiger partial charge is 0.313 e. The van der Waals surface area contributed by atoms with Gasteiger partial charge in [-0.2, -0.15) is 8.42 Å². The fourth-order valence-corrected chi connectivity index (χ4v) is 3.60. The van der Waals surface area contributed by atoms with Gasteiger partial charge in [0.1, 0.15) is 11.5 Å². The fraction of sp³-hybridized carbons (Fsp3) is 0.0588. The summed E-state index contributed by atoms with van der Waals surface area (Å²) in [6.07, 6.45) is 0. The van der Waals surface area contributed by atoms with Gasteiger partial charge in [0.05, 0.1) is 10.5 Å². The molecule has 0 bridgehead atoms. The molecule has 122 valence electrons. The van der Waals surface area contributed by atoms with Crippen LogP contribution in [0.25, 0.3) is 10.8 Å². The van der Waals surface area contributed by atoms with E-state index in [0.29, 0.717) is 5.39 Å². The highest BCUT2D eigenvalue weighted by molar-refractivity contribution is 7.86. The van der Waals surface area contributed by atoms with Crippen LogP contribution in [0.3, 0.4) is 0 Å². The Kier molecular flexibility index (Phi) is 4.18. The second kappa shape index (κ2) is 6.29. The number of nitro benzene ring substituents is 1. The molecule has 0 amide bonds. The van der Waals surface area contributed by atoms with Crippen molar-refractivity contribution in [2.24, 2.45) is 0 Å². The molecule has 0 heterocycles. The van der Waals surface area contributed by atoms with Crippen LogP contribution in [0.5, 0.6) is 5.75 Å². The first-order chi connectivity index (χ1) is 11.5. The van der Waals surface area contributed by atoms with Gasteiger partial charge in [-0.05, 0) is 29.0 Å². The minimum Gasteiger partial charge on any atom is -0.382 e. The zero-order chi connectivity index (χ0) is 17.2. The average Bonchev–Trinajstić information content (AvgIpc) is 2.55. The lowest BCUT2D eigenvalue weighted by Gasteiger charge is -2.10. The molecule has 0 spiro atoms. The van der Waals surface area contributed by atoms with E-state index in [1.54, 1.807) is 48.5 Å². The van der Waals surface area contributed by atoms with Gasteiger partial charge in [0.25, 0.3) is 5.69 Å². The third kappa shape index (κ3) is 3.36. The molecule has 3 aromatic carbocycles. The SMILES string of the molecule is O=[N+]([O-])c1ccc2ccccc2c1CS(=O)(=O)Oc1ccccc1. The van der Waals surface area contributed by atoms with Crippen molar-refractivity contribution in [2.75, 3.05) is 0 Å². The summed E-state index contributed by atoms with van der Waals surface area (Å²) < 4.78 is 29.7. The van der Waals surface area contributed by atoms with Crippen LogP contribution >= 0.6 is 0 Å². The number of fused-ring (bicyclic) bond motifs is 1. The van der Waals surface area contributed by atoms with E-state index in [9.17, 15) is 18.5 Å². The number of rotatable bonds is 5. The molecule has 3 aromatic rings. The highest BCUT2D eigenvalue weighted by atomic mass is 32.2. The van der Waals surface area contributed by atoms with Crippen molar-refractivity contribution >= 4 is 26.6 Å². The Labute approximate surface area is 138 Å². The van der Waals surface area contributed by atoms with Crippen molar-refractivity contribution < 1.29 is 17.5 Å². The number of nitrogens with zero attached hydrogens (tertiary/aromatic N) is 1. The standard InChI is InChI=1S/C17H13NO5S/c19-18(20)17-11-10-13-6-4-5-9-15(13)16(17)12-24(21,22)23-14-7-2-1-3-8-14/h1-11H,12H2. The summed E-state index contributed by atoms with van der Waals surface area (Å²) in [7, 11) is -4.04. The van der Waals surface area contributed by atoms with Crippen LogP contribution in [-0.4, -0.2) is 13.3 Å². The van der Waals surface area contributed by atoms with Crippen LogP contribution in [0, 0.1) is 10.1 Å². The highest BCUT2D eigenvalue weighted by Crippen LogP contribution is 2.30. The first-order valence-electron chi connectivity index (χ1n) is 7.08. The van der Waals surface area contributed by atoms with Gasteiger partial charge in [0.15, 0.2) is 0 Å². The van der Waals surface area contributed by atoms with Gasteiger partial charge in [0, 0.05) is 6.07 Å². The van der Waals surface area contributed by atoms with Gasteiger partial charge < -0.3 is 4.18 Å². The molecule has 0 N–H and O–H groups in total. The van der Waals surface area contributed by atoms with E-state index in [-0.39, 0.29) is 17.0 Å². The first-order valence-corrected chi connectivity index (χ1v) is 8.66. The quantitative estimate of drug-likeness (QED) is 0.401. The van der Waals surface area contributed by atoms with Crippen molar-refractivity contribution in [3.63, 3.8) is 0 Å². The molecule has 0 aromatic heterocycles. The Morgan fingerprint density at radius 1 is 0.917 bits per heavy atom. The topological polar surface area (TPSA) is 86.5 Å². The molecular formula is C17H13NO5S. The average molecular weight is 343 g/mol. The Morgan fingerprint density at radius 2 is 1.58 bits per heavy atom. The van der Waals surface area contributed by atoms with E-state index in [4.69, 9.17) is 4.18 Å². The zero-order valence-electron chi connectivity index (χ0n) is 12.5. The molecule has 3 rings (SSSR count). The molecule has 24 heavy (non-hydrogen) atoms. The Bertz CT molecular complexity index is 1000. The maximum Gasteiger partial charge on any atom is 0.313 e. The maximum absolute atomic E-state index is 12.3. The lowest BCUT2D eigenvalue weighted by molar-refractivity contribution is -0.385. The number of benzene rings is 3.